The standard InChI is InChI=1S/C19H18ClN5O9S2.Na/c1-33-24-14(11-9-35-19(21-11)22-12(26)8-20)16(28)23-15-17(29)25(36(30,31)32)18(15)34-13(27)7-10-5-3-2-4-6-10;/h2-6,9,15,18H,7-8H2,1H3,(H,23,28)(H,21,22,26)(H,30,31,32);/q;+1/p-1/t15-,18-;/m1./s1. The van der Waals surface area contributed by atoms with Gasteiger partial charge in [-0.05, 0) is 5.56 Å². The fourth-order valence-electron chi connectivity index (χ4n) is 2.96. The summed E-state index contributed by atoms with van der Waals surface area (Å²) in [5.41, 5.74) is 0.00742. The summed E-state index contributed by atoms with van der Waals surface area (Å²) in [6, 6.07) is 6.55. The van der Waals surface area contributed by atoms with Crippen molar-refractivity contribution in [2.24, 2.45) is 5.16 Å². The van der Waals surface area contributed by atoms with Gasteiger partial charge in [-0.15, -0.1) is 22.9 Å². The normalized spacial score (nSPS) is 17.2. The van der Waals surface area contributed by atoms with Crippen molar-refractivity contribution in [2.45, 2.75) is 18.7 Å². The maximum absolute atomic E-state index is 12.8. The Morgan fingerprint density at radius 3 is 2.54 bits per heavy atom. The number of hydrogen-bond acceptors (Lipinski definition) is 12. The molecule has 14 nitrogen and oxygen atoms in total. The zero-order valence-corrected chi connectivity index (χ0v) is 23.6. The Labute approximate surface area is 241 Å². The van der Waals surface area contributed by atoms with Crippen LogP contribution in [0.3, 0.4) is 0 Å². The molecule has 1 saturated heterocycles. The molecule has 0 unspecified atom stereocenters. The van der Waals surface area contributed by atoms with Crippen molar-refractivity contribution >= 4 is 67.8 Å². The summed E-state index contributed by atoms with van der Waals surface area (Å²) >= 11 is 6.36. The molecule has 1 aromatic carbocycles. The van der Waals surface area contributed by atoms with Crippen LogP contribution in [0.4, 0.5) is 5.13 Å². The first-order chi connectivity index (χ1) is 17.0. The van der Waals surface area contributed by atoms with Gasteiger partial charge in [0.05, 0.1) is 6.42 Å². The van der Waals surface area contributed by atoms with Gasteiger partial charge >= 0.3 is 35.5 Å². The Morgan fingerprint density at radius 2 is 1.95 bits per heavy atom. The van der Waals surface area contributed by atoms with E-state index in [1.165, 1.54) is 5.38 Å². The molecule has 1 fully saturated rings. The third kappa shape index (κ3) is 7.70. The molecule has 18 heteroatoms. The number of thiazole rings is 1. The summed E-state index contributed by atoms with van der Waals surface area (Å²) < 4.78 is 39.4. The Kier molecular flexibility index (Phi) is 11.0. The molecule has 2 aromatic rings. The Bertz CT molecular complexity index is 1310. The van der Waals surface area contributed by atoms with E-state index < -0.39 is 52.0 Å². The number of carbonyl (C=O) groups excluding carboxylic acids is 4. The van der Waals surface area contributed by atoms with Crippen molar-refractivity contribution in [1.82, 2.24) is 14.6 Å². The van der Waals surface area contributed by atoms with Gasteiger partial charge in [0.15, 0.2) is 27.2 Å². The van der Waals surface area contributed by atoms with Crippen LogP contribution in [0.15, 0.2) is 40.9 Å². The molecule has 0 spiro atoms. The van der Waals surface area contributed by atoms with E-state index in [1.54, 1.807) is 30.3 Å². The molecule has 2 heterocycles. The number of oxime groups is 1. The number of rotatable bonds is 10. The van der Waals surface area contributed by atoms with Gasteiger partial charge in [0, 0.05) is 5.38 Å². The van der Waals surface area contributed by atoms with Crippen LogP contribution >= 0.6 is 22.9 Å². The zero-order chi connectivity index (χ0) is 26.5. The predicted octanol–water partition coefficient (Wildman–Crippen LogP) is -3.43. The molecule has 0 saturated carbocycles. The van der Waals surface area contributed by atoms with Gasteiger partial charge in [-0.3, -0.25) is 19.2 Å². The molecule has 3 amide bonds. The smallest absolute Gasteiger partial charge is 0.731 e. The summed E-state index contributed by atoms with van der Waals surface area (Å²) in [5.74, 6) is -4.21. The first kappa shape index (κ1) is 30.6. The molecular weight excluding hydrogens is 565 g/mol. The largest absolute Gasteiger partial charge is 1.00 e. The van der Waals surface area contributed by atoms with E-state index in [1.807, 2.05) is 0 Å². The van der Waals surface area contributed by atoms with Gasteiger partial charge in [-0.25, -0.2) is 17.7 Å². The van der Waals surface area contributed by atoms with Crippen LogP contribution in [0, 0.1) is 0 Å². The van der Waals surface area contributed by atoms with Crippen LogP contribution in [-0.4, -0.2) is 76.9 Å². The minimum absolute atomic E-state index is 0. The quantitative estimate of drug-likeness (QED) is 0.0542. The number of nitrogens with zero attached hydrogens (tertiary/aromatic N) is 3. The number of β-lactam (4-membered cyclic amide) rings is 1. The third-order valence-corrected chi connectivity index (χ3v) is 6.35. The number of aromatic nitrogens is 1. The molecule has 0 bridgehead atoms. The molecule has 37 heavy (non-hydrogen) atoms. The summed E-state index contributed by atoms with van der Waals surface area (Å²) in [5, 5.41) is 9.52. The van der Waals surface area contributed by atoms with E-state index in [9.17, 15) is 32.1 Å². The maximum atomic E-state index is 12.8. The minimum atomic E-state index is -5.36. The number of alkyl halides is 1. The van der Waals surface area contributed by atoms with Gasteiger partial charge in [0.1, 0.15) is 18.7 Å². The molecule has 192 valence electrons. The number of anilines is 1. The number of nitrogens with one attached hydrogen (secondary N) is 2. The van der Waals surface area contributed by atoms with E-state index in [0.29, 0.717) is 5.56 Å². The van der Waals surface area contributed by atoms with Crippen LogP contribution in [0.25, 0.3) is 0 Å². The van der Waals surface area contributed by atoms with Crippen molar-refractivity contribution in [3.8, 4) is 0 Å². The summed E-state index contributed by atoms with van der Waals surface area (Å²) in [6.45, 7) is 0. The first-order valence-corrected chi connectivity index (χ1v) is 12.6. The zero-order valence-electron chi connectivity index (χ0n) is 19.2. The summed E-state index contributed by atoms with van der Waals surface area (Å²) in [4.78, 5) is 57.6. The minimum Gasteiger partial charge on any atom is -0.731 e. The van der Waals surface area contributed by atoms with Crippen molar-refractivity contribution in [2.75, 3.05) is 18.3 Å². The molecule has 3 rings (SSSR count). The third-order valence-electron chi connectivity index (χ3n) is 4.48. The monoisotopic (exact) mass is 581 g/mol. The topological polar surface area (TPSA) is 196 Å². The fourth-order valence-corrected chi connectivity index (χ4v) is 4.49. The van der Waals surface area contributed by atoms with E-state index in [0.717, 1.165) is 18.4 Å². The van der Waals surface area contributed by atoms with Crippen LogP contribution in [0.5, 0.6) is 0 Å². The van der Waals surface area contributed by atoms with Gasteiger partial charge in [0.2, 0.25) is 12.1 Å². The van der Waals surface area contributed by atoms with Crippen molar-refractivity contribution in [3.05, 3.63) is 47.0 Å². The molecule has 2 N–H and O–H groups in total. The average molecular weight is 582 g/mol. The van der Waals surface area contributed by atoms with Gasteiger partial charge in [-0.1, -0.05) is 35.5 Å². The average Bonchev–Trinajstić information content (AvgIpc) is 3.28. The van der Waals surface area contributed by atoms with E-state index >= 15 is 0 Å². The molecule has 1 aliphatic heterocycles. The van der Waals surface area contributed by atoms with E-state index in [4.69, 9.17) is 16.3 Å². The van der Waals surface area contributed by atoms with Crippen LogP contribution in [-0.2, 0) is 45.5 Å². The summed E-state index contributed by atoms with van der Waals surface area (Å²) in [6.07, 6.45) is -2.21. The fraction of sp³-hybridized carbons (Fsp3) is 0.263. The molecule has 1 aliphatic rings. The second-order valence-electron chi connectivity index (χ2n) is 6.93. The SMILES string of the molecule is CON=C(C(=O)N[C@@H]1C(=O)N(S(=O)(=O)[O-])[C@@H]1OC(=O)Cc1ccccc1)c1csc(NC(=O)CCl)n1.[Na+]. The van der Waals surface area contributed by atoms with Crippen molar-refractivity contribution in [3.63, 3.8) is 0 Å². The Balaban J connectivity index is 0.00000481. The van der Waals surface area contributed by atoms with E-state index in [-0.39, 0.29) is 57.0 Å². The van der Waals surface area contributed by atoms with Crippen LogP contribution in [0.2, 0.25) is 0 Å². The first-order valence-electron chi connectivity index (χ1n) is 9.81. The number of ether oxygens (including phenoxy) is 1. The molecular formula is C19H17ClN5NaO9S2. The van der Waals surface area contributed by atoms with Crippen LogP contribution in [0.1, 0.15) is 11.3 Å². The van der Waals surface area contributed by atoms with Crippen LogP contribution < -0.4 is 40.2 Å². The maximum Gasteiger partial charge on any atom is 1.00 e. The number of halogens is 1. The Hall–Kier alpha value is -2.60. The molecule has 0 radical (unpaired) electrons. The van der Waals surface area contributed by atoms with Gasteiger partial charge in [0.25, 0.3) is 11.8 Å². The van der Waals surface area contributed by atoms with E-state index in [2.05, 4.69) is 25.6 Å². The van der Waals surface area contributed by atoms with Gasteiger partial charge in [-0.2, -0.15) is 0 Å². The molecule has 1 aromatic heterocycles. The van der Waals surface area contributed by atoms with Crippen molar-refractivity contribution < 1.29 is 71.3 Å². The van der Waals surface area contributed by atoms with Crippen molar-refractivity contribution in [1.29, 1.82) is 0 Å². The number of carbonyl (C=O) groups is 4. The Morgan fingerprint density at radius 1 is 1.27 bits per heavy atom. The molecule has 2 atom stereocenters. The second kappa shape index (κ2) is 13.3. The molecule has 0 aliphatic carbocycles. The summed E-state index contributed by atoms with van der Waals surface area (Å²) in [7, 11) is -4.23. The number of benzene rings is 1. The number of esters is 1. The number of hydrogen-bond donors (Lipinski definition) is 2. The predicted molar refractivity (Wildman–Crippen MR) is 124 cm³/mol. The second-order valence-corrected chi connectivity index (χ2v) is 9.30. The van der Waals surface area contributed by atoms with Gasteiger partial charge < -0.3 is 24.8 Å². The number of amides is 3.